The van der Waals surface area contributed by atoms with Gasteiger partial charge in [-0.1, -0.05) is 25.0 Å². The highest BCUT2D eigenvalue weighted by molar-refractivity contribution is 5.87. The fourth-order valence-electron chi connectivity index (χ4n) is 3.55. The van der Waals surface area contributed by atoms with Crippen molar-refractivity contribution in [3.63, 3.8) is 0 Å². The van der Waals surface area contributed by atoms with Gasteiger partial charge in [0.2, 0.25) is 0 Å². The Labute approximate surface area is 151 Å². The summed E-state index contributed by atoms with van der Waals surface area (Å²) in [4.78, 5) is 15.4. The fourth-order valence-corrected chi connectivity index (χ4v) is 3.55. The molecule has 0 fully saturated rings. The minimum absolute atomic E-state index is 0.0623. The lowest BCUT2D eigenvalue weighted by atomic mass is 9.95. The van der Waals surface area contributed by atoms with E-state index in [0.717, 1.165) is 48.0 Å². The van der Waals surface area contributed by atoms with E-state index in [-0.39, 0.29) is 5.69 Å². The second kappa shape index (κ2) is 7.12. The Hall–Kier alpha value is -2.95. The molecule has 1 heterocycles. The van der Waals surface area contributed by atoms with Crippen LogP contribution in [0.4, 0.5) is 5.69 Å². The number of rotatable bonds is 3. The second-order valence-electron chi connectivity index (χ2n) is 6.65. The lowest BCUT2D eigenvalue weighted by Crippen LogP contribution is -2.06. The first-order chi connectivity index (χ1) is 12.7. The Kier molecular flexibility index (Phi) is 4.52. The molecule has 4 rings (SSSR count). The molecule has 0 bridgehead atoms. The number of hydrogen-bond donors (Lipinski definition) is 0. The molecule has 1 aliphatic carbocycles. The molecule has 5 nitrogen and oxygen atoms in total. The minimum Gasteiger partial charge on any atom is -0.456 e. The summed E-state index contributed by atoms with van der Waals surface area (Å²) >= 11 is 0. The van der Waals surface area contributed by atoms with Gasteiger partial charge >= 0.3 is 0 Å². The van der Waals surface area contributed by atoms with E-state index in [1.165, 1.54) is 30.5 Å². The highest BCUT2D eigenvalue weighted by Gasteiger charge is 2.18. The molecule has 0 N–H and O–H groups in total. The molecule has 0 unspecified atom stereocenters. The number of pyridine rings is 1. The molecule has 1 aliphatic rings. The zero-order valence-electron chi connectivity index (χ0n) is 14.5. The number of aromatic nitrogens is 1. The van der Waals surface area contributed by atoms with Crippen molar-refractivity contribution in [2.24, 2.45) is 0 Å². The third kappa shape index (κ3) is 3.25. The summed E-state index contributed by atoms with van der Waals surface area (Å²) in [5.41, 5.74) is 3.30. The van der Waals surface area contributed by atoms with Crippen LogP contribution in [0.3, 0.4) is 0 Å². The Morgan fingerprint density at radius 3 is 2.42 bits per heavy atom. The predicted octanol–water partition coefficient (Wildman–Crippen LogP) is 5.59. The fraction of sp³-hybridized carbons (Fsp3) is 0.286. The van der Waals surface area contributed by atoms with E-state index in [0.29, 0.717) is 5.75 Å². The molecule has 5 heteroatoms. The van der Waals surface area contributed by atoms with Gasteiger partial charge in [-0.15, -0.1) is 0 Å². The number of nitro groups is 1. The molecule has 0 spiro atoms. The van der Waals surface area contributed by atoms with Crippen molar-refractivity contribution >= 4 is 16.6 Å². The van der Waals surface area contributed by atoms with Crippen LogP contribution in [0.25, 0.3) is 10.9 Å². The van der Waals surface area contributed by atoms with Gasteiger partial charge in [-0.25, -0.2) is 0 Å². The summed E-state index contributed by atoms with van der Waals surface area (Å²) in [6.45, 7) is 0. The van der Waals surface area contributed by atoms with Crippen LogP contribution < -0.4 is 4.74 Å². The van der Waals surface area contributed by atoms with E-state index in [4.69, 9.17) is 9.72 Å². The zero-order chi connectivity index (χ0) is 17.9. The molecule has 0 saturated carbocycles. The van der Waals surface area contributed by atoms with Crippen LogP contribution in [0.1, 0.15) is 36.9 Å². The standard InChI is InChI=1S/C21H20N2O3/c24-23(25)15-11-13-16(14-12-15)26-21-17-7-3-1-2-4-9-19(17)22-20-10-6-5-8-18(20)21/h5-6,8,10-14H,1-4,7,9H2. The highest BCUT2D eigenvalue weighted by Crippen LogP contribution is 2.37. The largest absolute Gasteiger partial charge is 0.456 e. The average Bonchev–Trinajstić information content (AvgIpc) is 2.63. The van der Waals surface area contributed by atoms with E-state index in [9.17, 15) is 10.1 Å². The first-order valence-corrected chi connectivity index (χ1v) is 9.05. The van der Waals surface area contributed by atoms with Crippen LogP contribution in [0.2, 0.25) is 0 Å². The molecule has 0 atom stereocenters. The van der Waals surface area contributed by atoms with Crippen LogP contribution in [-0.2, 0) is 12.8 Å². The Morgan fingerprint density at radius 2 is 1.65 bits per heavy atom. The van der Waals surface area contributed by atoms with Gasteiger partial charge in [0.15, 0.2) is 0 Å². The molecule has 0 amide bonds. The number of nitrogens with zero attached hydrogens (tertiary/aromatic N) is 2. The number of aryl methyl sites for hydroxylation is 1. The van der Waals surface area contributed by atoms with Crippen molar-refractivity contribution in [3.8, 4) is 11.5 Å². The van der Waals surface area contributed by atoms with E-state index in [1.54, 1.807) is 12.1 Å². The van der Waals surface area contributed by atoms with E-state index < -0.39 is 4.92 Å². The molecule has 3 aromatic rings. The van der Waals surface area contributed by atoms with Crippen molar-refractivity contribution in [2.45, 2.75) is 38.5 Å². The van der Waals surface area contributed by atoms with Gasteiger partial charge in [-0.05, 0) is 49.9 Å². The molecule has 132 valence electrons. The number of nitro benzene ring substituents is 1. The van der Waals surface area contributed by atoms with Crippen molar-refractivity contribution in [3.05, 3.63) is 69.9 Å². The maximum absolute atomic E-state index is 10.9. The van der Waals surface area contributed by atoms with Crippen molar-refractivity contribution < 1.29 is 9.66 Å². The molecule has 2 aromatic carbocycles. The summed E-state index contributed by atoms with van der Waals surface area (Å²) in [6, 6.07) is 14.3. The molecule has 0 radical (unpaired) electrons. The van der Waals surface area contributed by atoms with Crippen molar-refractivity contribution in [1.29, 1.82) is 0 Å². The molecule has 26 heavy (non-hydrogen) atoms. The Bertz CT molecular complexity index is 951. The minimum atomic E-state index is -0.402. The van der Waals surface area contributed by atoms with Crippen LogP contribution in [0.5, 0.6) is 11.5 Å². The van der Waals surface area contributed by atoms with Crippen LogP contribution >= 0.6 is 0 Å². The summed E-state index contributed by atoms with van der Waals surface area (Å²) < 4.78 is 6.26. The lowest BCUT2D eigenvalue weighted by molar-refractivity contribution is -0.384. The number of hydrogen-bond acceptors (Lipinski definition) is 4. The first kappa shape index (κ1) is 16.5. The molecular weight excluding hydrogens is 328 g/mol. The van der Waals surface area contributed by atoms with Crippen molar-refractivity contribution in [1.82, 2.24) is 4.98 Å². The first-order valence-electron chi connectivity index (χ1n) is 9.05. The van der Waals surface area contributed by atoms with Crippen molar-refractivity contribution in [2.75, 3.05) is 0 Å². The quantitative estimate of drug-likeness (QED) is 0.457. The summed E-state index contributed by atoms with van der Waals surface area (Å²) in [5.74, 6) is 1.46. The topological polar surface area (TPSA) is 65.3 Å². The summed E-state index contributed by atoms with van der Waals surface area (Å²) in [5, 5.41) is 11.9. The number of benzene rings is 2. The van der Waals surface area contributed by atoms with Gasteiger partial charge in [-0.3, -0.25) is 15.1 Å². The third-order valence-corrected chi connectivity index (χ3v) is 4.88. The third-order valence-electron chi connectivity index (χ3n) is 4.88. The van der Waals surface area contributed by atoms with Crippen LogP contribution in [0.15, 0.2) is 48.5 Å². The molecule has 0 aliphatic heterocycles. The van der Waals surface area contributed by atoms with Gasteiger partial charge in [0, 0.05) is 28.8 Å². The van der Waals surface area contributed by atoms with Gasteiger partial charge < -0.3 is 4.74 Å². The van der Waals surface area contributed by atoms with Gasteiger partial charge in [0.05, 0.1) is 10.4 Å². The van der Waals surface area contributed by atoms with Crippen LogP contribution in [-0.4, -0.2) is 9.91 Å². The number of fused-ring (bicyclic) bond motifs is 2. The normalized spacial score (nSPS) is 14.3. The van der Waals surface area contributed by atoms with Gasteiger partial charge in [-0.2, -0.15) is 0 Å². The van der Waals surface area contributed by atoms with E-state index in [1.807, 2.05) is 24.3 Å². The maximum atomic E-state index is 10.9. The zero-order valence-corrected chi connectivity index (χ0v) is 14.5. The van der Waals surface area contributed by atoms with E-state index in [2.05, 4.69) is 0 Å². The van der Waals surface area contributed by atoms with Crippen LogP contribution in [0, 0.1) is 10.1 Å². The SMILES string of the molecule is O=[N+]([O-])c1ccc(Oc2c3c(nc4ccccc24)CCCCCC3)cc1. The highest BCUT2D eigenvalue weighted by atomic mass is 16.6. The Morgan fingerprint density at radius 1 is 0.923 bits per heavy atom. The molecule has 0 saturated heterocycles. The summed E-state index contributed by atoms with van der Waals surface area (Å²) in [6.07, 6.45) is 6.67. The molecule has 1 aromatic heterocycles. The molecular formula is C21H20N2O3. The number of non-ortho nitro benzene ring substituents is 1. The average molecular weight is 348 g/mol. The predicted molar refractivity (Wildman–Crippen MR) is 101 cm³/mol. The monoisotopic (exact) mass is 348 g/mol. The Balaban J connectivity index is 1.81. The van der Waals surface area contributed by atoms with Gasteiger partial charge in [0.1, 0.15) is 11.5 Å². The van der Waals surface area contributed by atoms with E-state index >= 15 is 0 Å². The number of ether oxygens (including phenoxy) is 1. The van der Waals surface area contributed by atoms with Gasteiger partial charge in [0.25, 0.3) is 5.69 Å². The second-order valence-corrected chi connectivity index (χ2v) is 6.65. The smallest absolute Gasteiger partial charge is 0.269 e. The maximum Gasteiger partial charge on any atom is 0.269 e. The summed E-state index contributed by atoms with van der Waals surface area (Å²) in [7, 11) is 0. The number of para-hydroxylation sites is 1. The lowest BCUT2D eigenvalue weighted by Gasteiger charge is -2.19.